The van der Waals surface area contributed by atoms with Crippen LogP contribution in [0.5, 0.6) is 0 Å². The molecule has 1 atom stereocenters. The summed E-state index contributed by atoms with van der Waals surface area (Å²) in [6, 6.07) is -0.0168. The maximum Gasteiger partial charge on any atom is 0.229 e. The molecular weight excluding hydrogens is 190 g/mol. The van der Waals surface area contributed by atoms with Gasteiger partial charge in [-0.2, -0.15) is 4.98 Å². The Kier molecular flexibility index (Phi) is 3.05. The van der Waals surface area contributed by atoms with Crippen LogP contribution in [0.25, 0.3) is 0 Å². The van der Waals surface area contributed by atoms with Crippen LogP contribution in [0, 0.1) is 5.92 Å². The zero-order valence-electron chi connectivity index (χ0n) is 9.44. The van der Waals surface area contributed by atoms with E-state index in [9.17, 15) is 0 Å². The van der Waals surface area contributed by atoms with Crippen LogP contribution in [0.4, 0.5) is 0 Å². The fourth-order valence-electron chi connectivity index (χ4n) is 1.85. The van der Waals surface area contributed by atoms with Crippen molar-refractivity contribution in [2.45, 2.75) is 51.5 Å². The molecule has 1 aromatic rings. The first kappa shape index (κ1) is 10.6. The Hall–Kier alpha value is -0.900. The number of nitrogens with two attached hydrogens (primary N) is 1. The first-order valence-electron chi connectivity index (χ1n) is 5.85. The van der Waals surface area contributed by atoms with Gasteiger partial charge in [-0.05, 0) is 31.6 Å². The summed E-state index contributed by atoms with van der Waals surface area (Å²) in [6.45, 7) is 4.28. The Labute approximate surface area is 90.2 Å². The molecule has 1 saturated carbocycles. The maximum absolute atomic E-state index is 6.01. The van der Waals surface area contributed by atoms with Crippen molar-refractivity contribution in [2.75, 3.05) is 0 Å². The average molecular weight is 209 g/mol. The lowest BCUT2D eigenvalue weighted by Crippen LogP contribution is -2.14. The zero-order valence-corrected chi connectivity index (χ0v) is 9.44. The van der Waals surface area contributed by atoms with Crippen molar-refractivity contribution >= 4 is 0 Å². The second-order valence-electron chi connectivity index (χ2n) is 4.37. The lowest BCUT2D eigenvalue weighted by molar-refractivity contribution is 0.339. The van der Waals surface area contributed by atoms with Crippen LogP contribution in [-0.4, -0.2) is 10.1 Å². The lowest BCUT2D eigenvalue weighted by Gasteiger charge is -2.05. The molecule has 0 amide bonds. The molecule has 2 rings (SSSR count). The van der Waals surface area contributed by atoms with Gasteiger partial charge in [0.2, 0.25) is 5.89 Å². The molecule has 0 bridgehead atoms. The van der Waals surface area contributed by atoms with E-state index in [1.165, 1.54) is 12.8 Å². The van der Waals surface area contributed by atoms with Crippen molar-refractivity contribution in [3.8, 4) is 0 Å². The van der Waals surface area contributed by atoms with Gasteiger partial charge in [-0.1, -0.05) is 19.0 Å². The van der Waals surface area contributed by atoms with E-state index in [1.54, 1.807) is 0 Å². The van der Waals surface area contributed by atoms with E-state index in [2.05, 4.69) is 24.0 Å². The van der Waals surface area contributed by atoms with Gasteiger partial charge in [-0.15, -0.1) is 0 Å². The summed E-state index contributed by atoms with van der Waals surface area (Å²) in [5.41, 5.74) is 6.01. The number of rotatable bonds is 5. The molecule has 1 aliphatic rings. The third-order valence-electron chi connectivity index (χ3n) is 3.22. The second kappa shape index (κ2) is 4.31. The van der Waals surface area contributed by atoms with Crippen LogP contribution in [0.3, 0.4) is 0 Å². The van der Waals surface area contributed by atoms with E-state index >= 15 is 0 Å². The molecular formula is C11H19N3O. The number of hydrogen-bond acceptors (Lipinski definition) is 4. The summed E-state index contributed by atoms with van der Waals surface area (Å²) in [5, 5.41) is 3.98. The SMILES string of the molecule is CCC(CC)c1nc(C(N)C2CC2)no1. The fraction of sp³-hybridized carbons (Fsp3) is 0.818. The van der Waals surface area contributed by atoms with Gasteiger partial charge < -0.3 is 10.3 Å². The highest BCUT2D eigenvalue weighted by molar-refractivity contribution is 5.01. The minimum Gasteiger partial charge on any atom is -0.339 e. The molecule has 0 saturated heterocycles. The predicted molar refractivity (Wildman–Crippen MR) is 57.3 cm³/mol. The first-order chi connectivity index (χ1) is 7.26. The van der Waals surface area contributed by atoms with Crippen molar-refractivity contribution in [3.63, 3.8) is 0 Å². The predicted octanol–water partition coefficient (Wildman–Crippen LogP) is 2.38. The van der Waals surface area contributed by atoms with E-state index in [1.807, 2.05) is 0 Å². The molecule has 4 nitrogen and oxygen atoms in total. The molecule has 0 radical (unpaired) electrons. The van der Waals surface area contributed by atoms with Crippen molar-refractivity contribution in [3.05, 3.63) is 11.7 Å². The van der Waals surface area contributed by atoms with Crippen LogP contribution >= 0.6 is 0 Å². The smallest absolute Gasteiger partial charge is 0.229 e. The Morgan fingerprint density at radius 1 is 1.40 bits per heavy atom. The highest BCUT2D eigenvalue weighted by atomic mass is 16.5. The van der Waals surface area contributed by atoms with Gasteiger partial charge >= 0.3 is 0 Å². The summed E-state index contributed by atoms with van der Waals surface area (Å²) < 4.78 is 5.27. The van der Waals surface area contributed by atoms with E-state index in [0.29, 0.717) is 17.7 Å². The average Bonchev–Trinajstić information content (AvgIpc) is 2.99. The van der Waals surface area contributed by atoms with Crippen LogP contribution in [0.1, 0.15) is 63.2 Å². The summed E-state index contributed by atoms with van der Waals surface area (Å²) >= 11 is 0. The van der Waals surface area contributed by atoms with Crippen molar-refractivity contribution in [1.29, 1.82) is 0 Å². The summed E-state index contributed by atoms with van der Waals surface area (Å²) in [4.78, 5) is 4.41. The van der Waals surface area contributed by atoms with E-state index < -0.39 is 0 Å². The monoisotopic (exact) mass is 209 g/mol. The molecule has 1 fully saturated rings. The number of aromatic nitrogens is 2. The van der Waals surface area contributed by atoms with Crippen LogP contribution < -0.4 is 5.73 Å². The normalized spacial score (nSPS) is 18.4. The van der Waals surface area contributed by atoms with Crippen LogP contribution in [0.15, 0.2) is 4.52 Å². The standard InChI is InChI=1S/C11H19N3O/c1-3-7(4-2)11-13-10(14-15-11)9(12)8-5-6-8/h7-9H,3-6,12H2,1-2H3. The molecule has 1 unspecified atom stereocenters. The Bertz CT molecular complexity index is 299. The summed E-state index contributed by atoms with van der Waals surface area (Å²) in [7, 11) is 0. The van der Waals surface area contributed by atoms with Gasteiger partial charge in [0.25, 0.3) is 0 Å². The van der Waals surface area contributed by atoms with E-state index in [-0.39, 0.29) is 6.04 Å². The van der Waals surface area contributed by atoms with Crippen molar-refractivity contribution in [2.24, 2.45) is 11.7 Å². The number of hydrogen-bond donors (Lipinski definition) is 1. The fourth-order valence-corrected chi connectivity index (χ4v) is 1.85. The van der Waals surface area contributed by atoms with Crippen LogP contribution in [-0.2, 0) is 0 Å². The molecule has 0 aliphatic heterocycles. The zero-order chi connectivity index (χ0) is 10.8. The first-order valence-corrected chi connectivity index (χ1v) is 5.85. The lowest BCUT2D eigenvalue weighted by atomic mass is 10.0. The molecule has 84 valence electrons. The highest BCUT2D eigenvalue weighted by Gasteiger charge is 2.33. The van der Waals surface area contributed by atoms with E-state index in [0.717, 1.165) is 18.7 Å². The molecule has 1 aliphatic carbocycles. The second-order valence-corrected chi connectivity index (χ2v) is 4.37. The van der Waals surface area contributed by atoms with Gasteiger partial charge in [-0.25, -0.2) is 0 Å². The summed E-state index contributed by atoms with van der Waals surface area (Å²) in [5.74, 6) is 2.42. The van der Waals surface area contributed by atoms with Gasteiger partial charge in [0.1, 0.15) is 0 Å². The van der Waals surface area contributed by atoms with Gasteiger partial charge in [0.05, 0.1) is 6.04 Å². The molecule has 1 aromatic heterocycles. The third-order valence-corrected chi connectivity index (χ3v) is 3.22. The maximum atomic E-state index is 6.01. The third kappa shape index (κ3) is 2.20. The molecule has 4 heteroatoms. The van der Waals surface area contributed by atoms with Gasteiger partial charge in [-0.3, -0.25) is 0 Å². The molecule has 0 spiro atoms. The minimum absolute atomic E-state index is 0.0168. The molecule has 2 N–H and O–H groups in total. The quantitative estimate of drug-likeness (QED) is 0.808. The van der Waals surface area contributed by atoms with Crippen molar-refractivity contribution < 1.29 is 4.52 Å². The van der Waals surface area contributed by atoms with Gasteiger partial charge in [0, 0.05) is 5.92 Å². The minimum atomic E-state index is -0.0168. The van der Waals surface area contributed by atoms with Crippen LogP contribution in [0.2, 0.25) is 0 Å². The van der Waals surface area contributed by atoms with Gasteiger partial charge in [0.15, 0.2) is 5.82 Å². The highest BCUT2D eigenvalue weighted by Crippen LogP contribution is 2.38. The largest absolute Gasteiger partial charge is 0.339 e. The molecule has 15 heavy (non-hydrogen) atoms. The molecule has 1 heterocycles. The topological polar surface area (TPSA) is 64.9 Å². The van der Waals surface area contributed by atoms with E-state index in [4.69, 9.17) is 10.3 Å². The Morgan fingerprint density at radius 2 is 2.07 bits per heavy atom. The molecule has 0 aromatic carbocycles. The summed E-state index contributed by atoms with van der Waals surface area (Å²) in [6.07, 6.45) is 4.49. The Morgan fingerprint density at radius 3 is 2.60 bits per heavy atom. The number of nitrogens with zero attached hydrogens (tertiary/aromatic N) is 2. The Balaban J connectivity index is 2.08. The van der Waals surface area contributed by atoms with Crippen molar-refractivity contribution in [1.82, 2.24) is 10.1 Å².